The number of hydrogen-bond donors (Lipinski definition) is 2. The third kappa shape index (κ3) is 4.58. The zero-order chi connectivity index (χ0) is 22.1. The Balaban J connectivity index is 1.54. The fourth-order valence-electron chi connectivity index (χ4n) is 3.23. The molecule has 0 radical (unpaired) electrons. The number of amides is 1. The second-order valence-corrected chi connectivity index (χ2v) is 8.00. The van der Waals surface area contributed by atoms with Crippen molar-refractivity contribution < 1.29 is 14.6 Å². The Morgan fingerprint density at radius 2 is 1.97 bits per heavy atom. The quantitative estimate of drug-likeness (QED) is 0.535. The predicted molar refractivity (Wildman–Crippen MR) is 117 cm³/mol. The molecule has 4 rings (SSSR count). The Kier molecular flexibility index (Phi) is 5.99. The molecule has 3 aromatic rings. The van der Waals surface area contributed by atoms with E-state index in [1.807, 2.05) is 42.0 Å². The Labute approximate surface area is 188 Å². The van der Waals surface area contributed by atoms with Crippen LogP contribution < -0.4 is 10.2 Å². The molecule has 11 heteroatoms. The highest BCUT2D eigenvalue weighted by molar-refractivity contribution is 6.30. The number of aliphatic hydroxyl groups is 1. The number of aliphatic hydroxyl groups excluding tert-OH is 1. The van der Waals surface area contributed by atoms with Crippen molar-refractivity contribution in [3.05, 3.63) is 58.7 Å². The monoisotopic (exact) mass is 462 g/mol. The minimum Gasteiger partial charge on any atom is -0.447 e. The van der Waals surface area contributed by atoms with E-state index >= 15 is 0 Å². The molecular formula is C20H20Cl2N6O3. The van der Waals surface area contributed by atoms with Crippen LogP contribution in [0.5, 0.6) is 0 Å². The van der Waals surface area contributed by atoms with E-state index < -0.39 is 18.2 Å². The molecule has 31 heavy (non-hydrogen) atoms. The molecule has 0 aliphatic carbocycles. The summed E-state index contributed by atoms with van der Waals surface area (Å²) >= 11 is 12.1. The smallest absolute Gasteiger partial charge is 0.416 e. The van der Waals surface area contributed by atoms with Crippen LogP contribution in [0.1, 0.15) is 25.6 Å². The standard InChI is InChI=1S/C20H20Cl2N6O3/c1-11(15-8-27(10-23-15)14-5-3-13(21)4-6-14)24-19-25-17(22)7-18(26-19)28-16(12(2)29)9-31-20(28)30/h3-8,10-12,16,29H,9H2,1-2H3,(H,24,25,26)/t11-,12+,16?/m0/s1. The number of halogens is 2. The average molecular weight is 463 g/mol. The van der Waals surface area contributed by atoms with Gasteiger partial charge in [-0.25, -0.2) is 14.8 Å². The maximum atomic E-state index is 12.2. The normalized spacial score (nSPS) is 18.0. The van der Waals surface area contributed by atoms with Gasteiger partial charge in [-0.05, 0) is 38.1 Å². The Bertz CT molecular complexity index is 1090. The van der Waals surface area contributed by atoms with Gasteiger partial charge in [-0.2, -0.15) is 4.98 Å². The Hall–Kier alpha value is -2.88. The van der Waals surface area contributed by atoms with Gasteiger partial charge in [0.05, 0.1) is 24.2 Å². The lowest BCUT2D eigenvalue weighted by Crippen LogP contribution is -2.41. The molecule has 162 valence electrons. The molecule has 1 unspecified atom stereocenters. The summed E-state index contributed by atoms with van der Waals surface area (Å²) in [4.78, 5) is 26.5. The van der Waals surface area contributed by atoms with Crippen molar-refractivity contribution >= 4 is 41.1 Å². The van der Waals surface area contributed by atoms with E-state index in [0.29, 0.717) is 5.02 Å². The first-order valence-corrected chi connectivity index (χ1v) is 10.3. The fraction of sp³-hybridized carbons (Fsp3) is 0.300. The fourth-order valence-corrected chi connectivity index (χ4v) is 3.54. The van der Waals surface area contributed by atoms with Crippen molar-refractivity contribution in [1.29, 1.82) is 0 Å². The van der Waals surface area contributed by atoms with Gasteiger partial charge >= 0.3 is 6.09 Å². The van der Waals surface area contributed by atoms with Crippen molar-refractivity contribution in [2.75, 3.05) is 16.8 Å². The molecule has 3 heterocycles. The number of aromatic nitrogens is 4. The van der Waals surface area contributed by atoms with E-state index in [1.54, 1.807) is 13.3 Å². The van der Waals surface area contributed by atoms with Crippen LogP contribution in [-0.4, -0.2) is 49.5 Å². The van der Waals surface area contributed by atoms with E-state index in [-0.39, 0.29) is 29.6 Å². The first-order valence-electron chi connectivity index (χ1n) is 9.57. The molecule has 1 aliphatic heterocycles. The van der Waals surface area contributed by atoms with Crippen LogP contribution in [-0.2, 0) is 4.74 Å². The van der Waals surface area contributed by atoms with Crippen molar-refractivity contribution in [2.45, 2.75) is 32.0 Å². The summed E-state index contributed by atoms with van der Waals surface area (Å²) in [6, 6.07) is 8.05. The summed E-state index contributed by atoms with van der Waals surface area (Å²) in [5.74, 6) is 0.467. The molecule has 0 bridgehead atoms. The van der Waals surface area contributed by atoms with Crippen molar-refractivity contribution in [1.82, 2.24) is 19.5 Å². The number of carbonyl (C=O) groups is 1. The number of imidazole rings is 1. The van der Waals surface area contributed by atoms with Crippen LogP contribution in [0.15, 0.2) is 42.9 Å². The summed E-state index contributed by atoms with van der Waals surface area (Å²) in [5.41, 5.74) is 1.68. The highest BCUT2D eigenvalue weighted by atomic mass is 35.5. The molecule has 1 aliphatic rings. The van der Waals surface area contributed by atoms with Crippen LogP contribution >= 0.6 is 23.2 Å². The van der Waals surface area contributed by atoms with Crippen molar-refractivity contribution in [2.24, 2.45) is 0 Å². The number of anilines is 2. The van der Waals surface area contributed by atoms with Crippen molar-refractivity contribution in [3.8, 4) is 5.69 Å². The van der Waals surface area contributed by atoms with Gasteiger partial charge in [0.2, 0.25) is 5.95 Å². The SMILES string of the molecule is C[C@H](Nc1nc(Cl)cc(N2C(=O)OCC2[C@@H](C)O)n1)c1cn(-c2ccc(Cl)cc2)cn1. The molecule has 0 saturated carbocycles. The molecule has 2 aromatic heterocycles. The maximum Gasteiger partial charge on any atom is 0.416 e. The minimum absolute atomic E-state index is 0.0689. The third-order valence-electron chi connectivity index (χ3n) is 4.91. The molecular weight excluding hydrogens is 443 g/mol. The number of carbonyl (C=O) groups excluding carboxylic acids is 1. The second-order valence-electron chi connectivity index (χ2n) is 7.18. The largest absolute Gasteiger partial charge is 0.447 e. The van der Waals surface area contributed by atoms with Gasteiger partial charge in [-0.1, -0.05) is 23.2 Å². The van der Waals surface area contributed by atoms with Crippen LogP contribution in [0.3, 0.4) is 0 Å². The van der Waals surface area contributed by atoms with Crippen LogP contribution in [0.25, 0.3) is 5.69 Å². The van der Waals surface area contributed by atoms with Gasteiger partial charge in [-0.3, -0.25) is 4.90 Å². The number of rotatable bonds is 6. The molecule has 3 atom stereocenters. The van der Waals surface area contributed by atoms with Gasteiger partial charge in [0.15, 0.2) is 0 Å². The number of nitrogens with one attached hydrogen (secondary N) is 1. The molecule has 1 saturated heterocycles. The third-order valence-corrected chi connectivity index (χ3v) is 5.35. The minimum atomic E-state index is -0.799. The van der Waals surface area contributed by atoms with Gasteiger partial charge in [0, 0.05) is 23.0 Å². The molecule has 1 aromatic carbocycles. The molecule has 1 fully saturated rings. The highest BCUT2D eigenvalue weighted by Gasteiger charge is 2.38. The lowest BCUT2D eigenvalue weighted by molar-refractivity contribution is 0.142. The van der Waals surface area contributed by atoms with Gasteiger partial charge < -0.3 is 19.7 Å². The van der Waals surface area contributed by atoms with Crippen LogP contribution in [0, 0.1) is 0 Å². The Morgan fingerprint density at radius 1 is 1.23 bits per heavy atom. The number of cyclic esters (lactones) is 1. The summed E-state index contributed by atoms with van der Waals surface area (Å²) in [6.45, 7) is 3.56. The number of benzene rings is 1. The summed E-state index contributed by atoms with van der Waals surface area (Å²) in [5, 5.41) is 13.9. The summed E-state index contributed by atoms with van der Waals surface area (Å²) in [7, 11) is 0. The summed E-state index contributed by atoms with van der Waals surface area (Å²) in [6.07, 6.45) is 2.19. The van der Waals surface area contributed by atoms with E-state index in [2.05, 4.69) is 20.3 Å². The van der Waals surface area contributed by atoms with Crippen molar-refractivity contribution in [3.63, 3.8) is 0 Å². The predicted octanol–water partition coefficient (Wildman–Crippen LogP) is 3.85. The first kappa shape index (κ1) is 21.4. The molecule has 1 amide bonds. The first-order chi connectivity index (χ1) is 14.8. The lowest BCUT2D eigenvalue weighted by atomic mass is 10.2. The number of nitrogens with zero attached hydrogens (tertiary/aromatic N) is 5. The zero-order valence-electron chi connectivity index (χ0n) is 16.7. The van der Waals surface area contributed by atoms with E-state index in [0.717, 1.165) is 11.4 Å². The van der Waals surface area contributed by atoms with E-state index in [1.165, 1.54) is 11.0 Å². The molecule has 9 nitrogen and oxygen atoms in total. The number of hydrogen-bond acceptors (Lipinski definition) is 7. The van der Waals surface area contributed by atoms with Gasteiger partial charge in [0.25, 0.3) is 0 Å². The summed E-state index contributed by atoms with van der Waals surface area (Å²) < 4.78 is 6.93. The Morgan fingerprint density at radius 3 is 2.68 bits per heavy atom. The lowest BCUT2D eigenvalue weighted by Gasteiger charge is -2.23. The van der Waals surface area contributed by atoms with Crippen LogP contribution in [0.2, 0.25) is 10.2 Å². The molecule has 0 spiro atoms. The topological polar surface area (TPSA) is 105 Å². The zero-order valence-corrected chi connectivity index (χ0v) is 18.2. The average Bonchev–Trinajstić information content (AvgIpc) is 3.35. The van der Waals surface area contributed by atoms with E-state index in [9.17, 15) is 9.90 Å². The highest BCUT2D eigenvalue weighted by Crippen LogP contribution is 2.27. The second kappa shape index (κ2) is 8.70. The van der Waals surface area contributed by atoms with Gasteiger partial charge in [-0.15, -0.1) is 0 Å². The molecule has 2 N–H and O–H groups in total. The maximum absolute atomic E-state index is 12.2. The van der Waals surface area contributed by atoms with Crippen LogP contribution in [0.4, 0.5) is 16.6 Å². The van der Waals surface area contributed by atoms with E-state index in [4.69, 9.17) is 27.9 Å². The number of ether oxygens (including phenoxy) is 1. The van der Waals surface area contributed by atoms with Gasteiger partial charge in [0.1, 0.15) is 23.6 Å².